The van der Waals surface area contributed by atoms with Crippen LogP contribution in [0.4, 0.5) is 0 Å². The first-order chi connectivity index (χ1) is 9.22. The average molecular weight is 263 g/mol. The highest BCUT2D eigenvalue weighted by Gasteiger charge is 2.46. The highest BCUT2D eigenvalue weighted by Crippen LogP contribution is 2.40. The second kappa shape index (κ2) is 5.25. The summed E-state index contributed by atoms with van der Waals surface area (Å²) in [6, 6.07) is 0. The first-order valence-corrected chi connectivity index (χ1v) is 7.62. The third-order valence-electron chi connectivity index (χ3n) is 5.12. The van der Waals surface area contributed by atoms with Gasteiger partial charge in [0.1, 0.15) is 5.82 Å². The molecule has 1 aliphatic heterocycles. The summed E-state index contributed by atoms with van der Waals surface area (Å²) >= 11 is 0. The Morgan fingerprint density at radius 1 is 1.26 bits per heavy atom. The van der Waals surface area contributed by atoms with Crippen LogP contribution in [-0.4, -0.2) is 44.3 Å². The number of nitrogens with zero attached hydrogens (tertiary/aromatic N) is 3. The second-order valence-corrected chi connectivity index (χ2v) is 6.18. The molecule has 19 heavy (non-hydrogen) atoms. The third kappa shape index (κ3) is 2.32. The highest BCUT2D eigenvalue weighted by atomic mass is 16.3. The molecule has 1 N–H and O–H groups in total. The maximum atomic E-state index is 10.9. The number of imidazole rings is 1. The summed E-state index contributed by atoms with van der Waals surface area (Å²) in [7, 11) is 2.01. The van der Waals surface area contributed by atoms with Gasteiger partial charge in [0.05, 0.1) is 6.10 Å². The van der Waals surface area contributed by atoms with Crippen molar-refractivity contribution < 1.29 is 5.11 Å². The van der Waals surface area contributed by atoms with E-state index in [9.17, 15) is 5.11 Å². The quantitative estimate of drug-likeness (QED) is 0.899. The molecule has 0 aromatic carbocycles. The van der Waals surface area contributed by atoms with Crippen LogP contribution in [0.2, 0.25) is 0 Å². The van der Waals surface area contributed by atoms with Crippen molar-refractivity contribution in [2.24, 2.45) is 7.05 Å². The summed E-state index contributed by atoms with van der Waals surface area (Å²) in [5, 5.41) is 10.9. The number of hydrogen-bond acceptors (Lipinski definition) is 3. The van der Waals surface area contributed by atoms with Crippen molar-refractivity contribution in [2.45, 2.75) is 56.6 Å². The molecule has 0 radical (unpaired) electrons. The lowest BCUT2D eigenvalue weighted by Crippen LogP contribution is -2.54. The van der Waals surface area contributed by atoms with Gasteiger partial charge in [0, 0.05) is 31.4 Å². The molecule has 4 nitrogen and oxygen atoms in total. The van der Waals surface area contributed by atoms with Crippen LogP contribution in [0.5, 0.6) is 0 Å². The number of likely N-dealkylation sites (tertiary alicyclic amines) is 1. The summed E-state index contributed by atoms with van der Waals surface area (Å²) in [6.45, 7) is 2.33. The van der Waals surface area contributed by atoms with Gasteiger partial charge in [0.25, 0.3) is 0 Å². The van der Waals surface area contributed by atoms with E-state index in [4.69, 9.17) is 0 Å². The zero-order valence-corrected chi connectivity index (χ0v) is 11.9. The minimum atomic E-state index is -0.283. The van der Waals surface area contributed by atoms with E-state index in [1.165, 1.54) is 25.7 Å². The molecular weight excluding hydrogens is 238 g/mol. The lowest BCUT2D eigenvalue weighted by Gasteiger charge is -2.42. The summed E-state index contributed by atoms with van der Waals surface area (Å²) in [4.78, 5) is 6.93. The van der Waals surface area contributed by atoms with Crippen LogP contribution in [0.15, 0.2) is 12.4 Å². The van der Waals surface area contributed by atoms with E-state index in [0.717, 1.165) is 31.8 Å². The van der Waals surface area contributed by atoms with E-state index in [2.05, 4.69) is 9.88 Å². The Morgan fingerprint density at radius 2 is 1.95 bits per heavy atom. The molecule has 1 aliphatic carbocycles. The summed E-state index contributed by atoms with van der Waals surface area (Å²) in [6.07, 6.45) is 11.6. The standard InChI is InChI=1S/C15H25N3O/c1-17-11-8-16-14(17)12-13(19)15(6-2-3-7-15)18-9-4-5-10-18/h8,11,13,19H,2-7,9-10,12H2,1H3. The molecule has 0 amide bonds. The fourth-order valence-corrected chi connectivity index (χ4v) is 3.97. The Balaban J connectivity index is 1.78. The maximum absolute atomic E-state index is 10.9. The molecule has 1 atom stereocenters. The monoisotopic (exact) mass is 263 g/mol. The van der Waals surface area contributed by atoms with Crippen molar-refractivity contribution in [1.82, 2.24) is 14.5 Å². The molecule has 0 spiro atoms. The topological polar surface area (TPSA) is 41.3 Å². The van der Waals surface area contributed by atoms with E-state index in [1.54, 1.807) is 0 Å². The first-order valence-electron chi connectivity index (χ1n) is 7.62. The van der Waals surface area contributed by atoms with Gasteiger partial charge in [0.15, 0.2) is 0 Å². The SMILES string of the molecule is Cn1ccnc1CC(O)C1(N2CCCC2)CCCC1. The first kappa shape index (κ1) is 13.1. The Labute approximate surface area is 115 Å². The highest BCUT2D eigenvalue weighted by molar-refractivity contribution is 5.05. The van der Waals surface area contributed by atoms with Gasteiger partial charge in [0.2, 0.25) is 0 Å². The molecule has 1 saturated carbocycles. The predicted octanol–water partition coefficient (Wildman–Crippen LogP) is 1.73. The van der Waals surface area contributed by atoms with Crippen molar-refractivity contribution in [1.29, 1.82) is 0 Å². The van der Waals surface area contributed by atoms with E-state index in [-0.39, 0.29) is 11.6 Å². The maximum Gasteiger partial charge on any atom is 0.111 e. The zero-order chi connectivity index (χ0) is 13.3. The second-order valence-electron chi connectivity index (χ2n) is 6.18. The fourth-order valence-electron chi connectivity index (χ4n) is 3.97. The molecule has 2 fully saturated rings. The van der Waals surface area contributed by atoms with E-state index < -0.39 is 0 Å². The number of hydrogen-bond donors (Lipinski definition) is 1. The molecule has 1 saturated heterocycles. The van der Waals surface area contributed by atoms with Crippen LogP contribution in [0.25, 0.3) is 0 Å². The van der Waals surface area contributed by atoms with Crippen LogP contribution in [-0.2, 0) is 13.5 Å². The average Bonchev–Trinajstić information content (AvgIpc) is 3.10. The number of aryl methyl sites for hydroxylation is 1. The van der Waals surface area contributed by atoms with Crippen LogP contribution in [0.1, 0.15) is 44.3 Å². The summed E-state index contributed by atoms with van der Waals surface area (Å²) in [5.74, 6) is 0.998. The van der Waals surface area contributed by atoms with E-state index >= 15 is 0 Å². The van der Waals surface area contributed by atoms with Crippen LogP contribution in [0, 0.1) is 0 Å². The minimum absolute atomic E-state index is 0.0302. The van der Waals surface area contributed by atoms with Gasteiger partial charge in [-0.2, -0.15) is 0 Å². The zero-order valence-electron chi connectivity index (χ0n) is 11.9. The van der Waals surface area contributed by atoms with E-state index in [1.807, 2.05) is 24.0 Å². The Hall–Kier alpha value is -0.870. The molecule has 1 unspecified atom stereocenters. The van der Waals surface area contributed by atoms with Crippen molar-refractivity contribution >= 4 is 0 Å². The van der Waals surface area contributed by atoms with Gasteiger partial charge in [-0.05, 0) is 38.8 Å². The minimum Gasteiger partial charge on any atom is -0.391 e. The number of aromatic nitrogens is 2. The fraction of sp³-hybridized carbons (Fsp3) is 0.800. The molecule has 1 aromatic rings. The van der Waals surface area contributed by atoms with Gasteiger partial charge < -0.3 is 9.67 Å². The van der Waals surface area contributed by atoms with Crippen LogP contribution in [0.3, 0.4) is 0 Å². The van der Waals surface area contributed by atoms with Crippen LogP contribution < -0.4 is 0 Å². The third-order valence-corrected chi connectivity index (χ3v) is 5.12. The molecule has 2 aliphatic rings. The van der Waals surface area contributed by atoms with Gasteiger partial charge in [-0.3, -0.25) is 4.90 Å². The molecule has 3 rings (SSSR count). The van der Waals surface area contributed by atoms with Crippen molar-refractivity contribution in [3.8, 4) is 0 Å². The Bertz CT molecular complexity index is 417. The van der Waals surface area contributed by atoms with Crippen molar-refractivity contribution in [3.05, 3.63) is 18.2 Å². The lowest BCUT2D eigenvalue weighted by atomic mass is 9.86. The van der Waals surface area contributed by atoms with E-state index in [0.29, 0.717) is 6.42 Å². The molecule has 106 valence electrons. The Kier molecular flexibility index (Phi) is 3.63. The molecule has 2 heterocycles. The smallest absolute Gasteiger partial charge is 0.111 e. The van der Waals surface area contributed by atoms with Gasteiger partial charge >= 0.3 is 0 Å². The van der Waals surface area contributed by atoms with Gasteiger partial charge in [-0.1, -0.05) is 12.8 Å². The number of aliphatic hydroxyl groups is 1. The number of aliphatic hydroxyl groups excluding tert-OH is 1. The Morgan fingerprint density at radius 3 is 2.53 bits per heavy atom. The molecular formula is C15H25N3O. The van der Waals surface area contributed by atoms with Crippen LogP contribution >= 0.6 is 0 Å². The van der Waals surface area contributed by atoms with Gasteiger partial charge in [-0.15, -0.1) is 0 Å². The lowest BCUT2D eigenvalue weighted by molar-refractivity contribution is -0.0184. The van der Waals surface area contributed by atoms with Crippen molar-refractivity contribution in [3.63, 3.8) is 0 Å². The number of rotatable bonds is 4. The van der Waals surface area contributed by atoms with Crippen molar-refractivity contribution in [2.75, 3.05) is 13.1 Å². The largest absolute Gasteiger partial charge is 0.391 e. The molecule has 1 aromatic heterocycles. The summed E-state index contributed by atoms with van der Waals surface area (Å²) < 4.78 is 2.02. The molecule has 0 bridgehead atoms. The van der Waals surface area contributed by atoms with Gasteiger partial charge in [-0.25, -0.2) is 4.98 Å². The summed E-state index contributed by atoms with van der Waals surface area (Å²) in [5.41, 5.74) is 0.0302. The predicted molar refractivity (Wildman–Crippen MR) is 74.9 cm³/mol. The normalized spacial score (nSPS) is 24.9. The molecule has 4 heteroatoms.